The summed E-state index contributed by atoms with van der Waals surface area (Å²) in [7, 11) is 0. The van der Waals surface area contributed by atoms with Gasteiger partial charge in [-0.3, -0.25) is 4.79 Å². The number of aryl methyl sites for hydroxylation is 1. The third-order valence-corrected chi connectivity index (χ3v) is 4.93. The standard InChI is InChI=1S/C17H19N3O3S/c1-10-14(15(18)24-19-10)17(22)23-11(2)16(21)20-8-7-12-5-3-4-6-13(12)9-20/h3-6,11H,7-9,18H2,1-2H3/t11-/m0/s1. The zero-order valence-corrected chi connectivity index (χ0v) is 14.4. The van der Waals surface area contributed by atoms with Gasteiger partial charge in [0.05, 0.1) is 5.69 Å². The molecule has 2 N–H and O–H groups in total. The number of nitrogens with two attached hydrogens (primary N) is 1. The highest BCUT2D eigenvalue weighted by atomic mass is 32.1. The minimum absolute atomic E-state index is 0.197. The Morgan fingerprint density at radius 2 is 2.04 bits per heavy atom. The second-order valence-corrected chi connectivity index (χ2v) is 6.64. The Bertz CT molecular complexity index is 768. The number of anilines is 1. The Kier molecular flexibility index (Phi) is 4.53. The van der Waals surface area contributed by atoms with Gasteiger partial charge in [-0.25, -0.2) is 4.79 Å². The molecule has 1 aliphatic heterocycles. The van der Waals surface area contributed by atoms with Crippen LogP contribution in [0.2, 0.25) is 0 Å². The normalized spacial score (nSPS) is 14.8. The molecule has 0 unspecified atom stereocenters. The molecule has 24 heavy (non-hydrogen) atoms. The fraction of sp³-hybridized carbons (Fsp3) is 0.353. The third-order valence-electron chi connectivity index (χ3n) is 4.17. The zero-order chi connectivity index (χ0) is 17.3. The van der Waals surface area contributed by atoms with E-state index in [4.69, 9.17) is 10.5 Å². The van der Waals surface area contributed by atoms with Gasteiger partial charge in [-0.1, -0.05) is 24.3 Å². The molecule has 126 valence electrons. The lowest BCUT2D eigenvalue weighted by Crippen LogP contribution is -2.42. The molecule has 1 aromatic heterocycles. The fourth-order valence-electron chi connectivity index (χ4n) is 2.85. The molecule has 1 amide bonds. The highest BCUT2D eigenvalue weighted by molar-refractivity contribution is 7.10. The summed E-state index contributed by atoms with van der Waals surface area (Å²) in [4.78, 5) is 26.5. The lowest BCUT2D eigenvalue weighted by Gasteiger charge is -2.30. The molecule has 1 atom stereocenters. The van der Waals surface area contributed by atoms with Crippen LogP contribution in [0.25, 0.3) is 0 Å². The topological polar surface area (TPSA) is 85.5 Å². The number of aromatic nitrogens is 1. The first-order valence-electron chi connectivity index (χ1n) is 7.75. The monoisotopic (exact) mass is 345 g/mol. The number of carbonyl (C=O) groups excluding carboxylic acids is 2. The number of benzene rings is 1. The molecule has 2 heterocycles. The Labute approximate surface area is 144 Å². The molecule has 7 heteroatoms. The van der Waals surface area contributed by atoms with Gasteiger partial charge in [0.2, 0.25) is 0 Å². The number of hydrogen-bond donors (Lipinski definition) is 1. The van der Waals surface area contributed by atoms with Gasteiger partial charge in [0.1, 0.15) is 10.6 Å². The predicted octanol–water partition coefficient (Wildman–Crippen LogP) is 2.16. The quantitative estimate of drug-likeness (QED) is 0.862. The highest BCUT2D eigenvalue weighted by Crippen LogP contribution is 2.23. The Balaban J connectivity index is 1.66. The molecule has 0 fully saturated rings. The van der Waals surface area contributed by atoms with Crippen molar-refractivity contribution in [1.29, 1.82) is 0 Å². The van der Waals surface area contributed by atoms with Crippen LogP contribution in [0.5, 0.6) is 0 Å². The molecule has 0 spiro atoms. The van der Waals surface area contributed by atoms with E-state index in [1.165, 1.54) is 5.56 Å². The van der Waals surface area contributed by atoms with Gasteiger partial charge >= 0.3 is 5.97 Å². The van der Waals surface area contributed by atoms with Crippen molar-refractivity contribution in [2.75, 3.05) is 12.3 Å². The second kappa shape index (κ2) is 6.60. The summed E-state index contributed by atoms with van der Waals surface area (Å²) < 4.78 is 9.34. The van der Waals surface area contributed by atoms with Crippen LogP contribution >= 0.6 is 11.5 Å². The van der Waals surface area contributed by atoms with E-state index in [1.807, 2.05) is 18.2 Å². The Morgan fingerprint density at radius 1 is 1.33 bits per heavy atom. The first-order valence-corrected chi connectivity index (χ1v) is 8.53. The molecule has 1 aliphatic rings. The van der Waals surface area contributed by atoms with Crippen LogP contribution in [0, 0.1) is 6.92 Å². The molecular formula is C17H19N3O3S. The van der Waals surface area contributed by atoms with E-state index in [9.17, 15) is 9.59 Å². The smallest absolute Gasteiger partial charge is 0.343 e. The van der Waals surface area contributed by atoms with Crippen molar-refractivity contribution in [1.82, 2.24) is 9.27 Å². The van der Waals surface area contributed by atoms with Crippen molar-refractivity contribution in [3.63, 3.8) is 0 Å². The summed E-state index contributed by atoms with van der Waals surface area (Å²) in [5.41, 5.74) is 8.93. The number of fused-ring (bicyclic) bond motifs is 1. The average Bonchev–Trinajstić information content (AvgIpc) is 2.92. The van der Waals surface area contributed by atoms with E-state index in [0.717, 1.165) is 23.5 Å². The molecule has 0 aliphatic carbocycles. The maximum absolute atomic E-state index is 12.6. The van der Waals surface area contributed by atoms with Gasteiger partial charge < -0.3 is 15.4 Å². The minimum Gasteiger partial charge on any atom is -0.449 e. The van der Waals surface area contributed by atoms with Gasteiger partial charge in [0.15, 0.2) is 6.10 Å². The summed E-state index contributed by atoms with van der Waals surface area (Å²) in [6.45, 7) is 4.44. The van der Waals surface area contributed by atoms with Gasteiger partial charge in [-0.2, -0.15) is 4.37 Å². The summed E-state index contributed by atoms with van der Waals surface area (Å²) in [5, 5.41) is 0.309. The second-order valence-electron chi connectivity index (χ2n) is 5.83. The van der Waals surface area contributed by atoms with E-state index in [1.54, 1.807) is 18.7 Å². The maximum atomic E-state index is 12.6. The number of nitrogens with zero attached hydrogens (tertiary/aromatic N) is 2. The molecule has 0 radical (unpaired) electrons. The fourth-order valence-corrected chi connectivity index (χ4v) is 3.50. The number of esters is 1. The van der Waals surface area contributed by atoms with Crippen molar-refractivity contribution in [2.45, 2.75) is 32.9 Å². The lowest BCUT2D eigenvalue weighted by atomic mass is 9.99. The van der Waals surface area contributed by atoms with Crippen LogP contribution in [-0.4, -0.2) is 33.8 Å². The highest BCUT2D eigenvalue weighted by Gasteiger charge is 2.28. The number of amides is 1. The van der Waals surface area contributed by atoms with Crippen molar-refractivity contribution in [3.8, 4) is 0 Å². The SMILES string of the molecule is Cc1nsc(N)c1C(=O)O[C@@H](C)C(=O)N1CCc2ccccc2C1. The van der Waals surface area contributed by atoms with Crippen LogP contribution < -0.4 is 5.73 Å². The predicted molar refractivity (Wildman–Crippen MR) is 91.7 cm³/mol. The van der Waals surface area contributed by atoms with Crippen LogP contribution in [0.4, 0.5) is 5.00 Å². The molecule has 1 aromatic carbocycles. The molecular weight excluding hydrogens is 326 g/mol. The van der Waals surface area contributed by atoms with Crippen LogP contribution in [0.15, 0.2) is 24.3 Å². The molecule has 6 nitrogen and oxygen atoms in total. The first-order chi connectivity index (χ1) is 11.5. The van der Waals surface area contributed by atoms with E-state index in [0.29, 0.717) is 23.8 Å². The van der Waals surface area contributed by atoms with E-state index in [2.05, 4.69) is 10.4 Å². The van der Waals surface area contributed by atoms with Crippen LogP contribution in [0.1, 0.15) is 34.1 Å². The number of carbonyl (C=O) groups is 2. The van der Waals surface area contributed by atoms with Gasteiger partial charge in [-0.05, 0) is 42.9 Å². The Morgan fingerprint density at radius 3 is 2.71 bits per heavy atom. The first kappa shape index (κ1) is 16.4. The van der Waals surface area contributed by atoms with Gasteiger partial charge in [-0.15, -0.1) is 0 Å². The largest absolute Gasteiger partial charge is 0.449 e. The molecule has 0 saturated carbocycles. The van der Waals surface area contributed by atoms with Crippen molar-refractivity contribution in [2.24, 2.45) is 0 Å². The minimum atomic E-state index is -0.860. The van der Waals surface area contributed by atoms with Crippen LogP contribution in [0.3, 0.4) is 0 Å². The summed E-state index contributed by atoms with van der Waals surface area (Å²) in [6, 6.07) is 8.07. The number of nitrogen functional groups attached to an aromatic ring is 1. The molecule has 3 rings (SSSR count). The number of hydrogen-bond acceptors (Lipinski definition) is 6. The van der Waals surface area contributed by atoms with Crippen molar-refractivity contribution >= 4 is 28.4 Å². The van der Waals surface area contributed by atoms with Crippen LogP contribution in [-0.2, 0) is 22.5 Å². The van der Waals surface area contributed by atoms with E-state index >= 15 is 0 Å². The van der Waals surface area contributed by atoms with Gasteiger partial charge in [0, 0.05) is 13.1 Å². The summed E-state index contributed by atoms with van der Waals surface area (Å²) in [6.07, 6.45) is -0.0511. The molecule has 0 bridgehead atoms. The average molecular weight is 345 g/mol. The van der Waals surface area contributed by atoms with E-state index < -0.39 is 12.1 Å². The van der Waals surface area contributed by atoms with Crippen molar-refractivity contribution < 1.29 is 14.3 Å². The third kappa shape index (κ3) is 3.12. The van der Waals surface area contributed by atoms with Crippen molar-refractivity contribution in [3.05, 3.63) is 46.6 Å². The number of rotatable bonds is 3. The van der Waals surface area contributed by atoms with E-state index in [-0.39, 0.29) is 11.5 Å². The molecule has 0 saturated heterocycles. The Hall–Kier alpha value is -2.41. The van der Waals surface area contributed by atoms with Gasteiger partial charge in [0.25, 0.3) is 5.91 Å². The molecule has 2 aromatic rings. The maximum Gasteiger partial charge on any atom is 0.343 e. The summed E-state index contributed by atoms with van der Waals surface area (Å²) in [5.74, 6) is -0.797. The summed E-state index contributed by atoms with van der Waals surface area (Å²) >= 11 is 1.05. The number of ether oxygens (including phenoxy) is 1. The zero-order valence-electron chi connectivity index (χ0n) is 13.6. The lowest BCUT2D eigenvalue weighted by molar-refractivity contribution is -0.140.